The molecule has 0 bridgehead atoms. The van der Waals surface area contributed by atoms with Crippen LogP contribution in [0.15, 0.2) is 24.3 Å². The number of carbonyl (C=O) groups is 2. The molecule has 150 valence electrons. The zero-order valence-corrected chi connectivity index (χ0v) is 16.5. The van der Waals surface area contributed by atoms with Crippen molar-refractivity contribution < 1.29 is 28.0 Å². The van der Waals surface area contributed by atoms with Crippen LogP contribution in [0, 0.1) is 17.8 Å². The molecule has 1 heterocycles. The number of hydrogen-bond acceptors (Lipinski definition) is 6. The predicted octanol–water partition coefficient (Wildman–Crippen LogP) is 1.47. The van der Waals surface area contributed by atoms with Gasteiger partial charge in [-0.2, -0.15) is 0 Å². The van der Waals surface area contributed by atoms with E-state index in [1.54, 1.807) is 12.1 Å². The second-order valence-electron chi connectivity index (χ2n) is 7.35. The van der Waals surface area contributed by atoms with Crippen molar-refractivity contribution >= 4 is 27.5 Å². The van der Waals surface area contributed by atoms with E-state index in [1.807, 2.05) is 12.1 Å². The zero-order valence-electron chi connectivity index (χ0n) is 15.6. The molecule has 2 fully saturated rings. The summed E-state index contributed by atoms with van der Waals surface area (Å²) in [5.74, 6) is 5.68. The van der Waals surface area contributed by atoms with Gasteiger partial charge in [0, 0.05) is 29.8 Å². The Morgan fingerprint density at radius 3 is 2.54 bits per heavy atom. The summed E-state index contributed by atoms with van der Waals surface area (Å²) in [5, 5.41) is 8.90. The molecule has 1 aromatic rings. The van der Waals surface area contributed by atoms with E-state index < -0.39 is 32.7 Å². The fourth-order valence-corrected chi connectivity index (χ4v) is 3.81. The highest BCUT2D eigenvalue weighted by molar-refractivity contribution is 7.92. The van der Waals surface area contributed by atoms with Crippen LogP contribution in [0.4, 0.5) is 10.5 Å². The van der Waals surface area contributed by atoms with Gasteiger partial charge < -0.3 is 4.74 Å². The van der Waals surface area contributed by atoms with E-state index in [2.05, 4.69) is 11.8 Å². The maximum atomic E-state index is 12.2. The summed E-state index contributed by atoms with van der Waals surface area (Å²) < 4.78 is 27.5. The number of rotatable bonds is 5. The molecule has 1 saturated heterocycles. The Balaban J connectivity index is 1.72. The maximum absolute atomic E-state index is 12.2. The Bertz CT molecular complexity index is 943. The lowest BCUT2D eigenvalue weighted by Gasteiger charge is -2.26. The van der Waals surface area contributed by atoms with Crippen LogP contribution in [0.25, 0.3) is 0 Å². The first-order chi connectivity index (χ1) is 13.1. The van der Waals surface area contributed by atoms with E-state index in [9.17, 15) is 18.0 Å². The van der Waals surface area contributed by atoms with Crippen LogP contribution in [0.1, 0.15) is 31.7 Å². The SMILES string of the molecule is C[C@@](C[C@H]1CN(c2ccc(C#CC3CC3)cc2)C(=O)O1)(C(=O)NO)S(C)(=O)=O. The molecule has 1 aliphatic heterocycles. The number of cyclic esters (lactones) is 1. The topological polar surface area (TPSA) is 113 Å². The molecule has 2 aliphatic rings. The molecular formula is C19H22N2O6S. The van der Waals surface area contributed by atoms with Crippen molar-refractivity contribution in [3.63, 3.8) is 0 Å². The van der Waals surface area contributed by atoms with Gasteiger partial charge in [0.25, 0.3) is 5.91 Å². The van der Waals surface area contributed by atoms with Crippen molar-refractivity contribution in [1.29, 1.82) is 0 Å². The van der Waals surface area contributed by atoms with E-state index in [1.165, 1.54) is 17.3 Å². The molecular weight excluding hydrogens is 384 g/mol. The molecule has 0 spiro atoms. The highest BCUT2D eigenvalue weighted by Gasteiger charge is 2.48. The average Bonchev–Trinajstić information content (AvgIpc) is 3.41. The molecule has 0 radical (unpaired) electrons. The Morgan fingerprint density at radius 1 is 1.36 bits per heavy atom. The average molecular weight is 406 g/mol. The number of amides is 2. The third kappa shape index (κ3) is 4.13. The monoisotopic (exact) mass is 406 g/mol. The summed E-state index contributed by atoms with van der Waals surface area (Å²) in [4.78, 5) is 25.6. The fourth-order valence-electron chi connectivity index (χ4n) is 2.94. The van der Waals surface area contributed by atoms with Gasteiger partial charge >= 0.3 is 6.09 Å². The summed E-state index contributed by atoms with van der Waals surface area (Å²) in [7, 11) is -3.87. The van der Waals surface area contributed by atoms with Crippen LogP contribution in [0.2, 0.25) is 0 Å². The number of carbonyl (C=O) groups excluding carboxylic acids is 2. The van der Waals surface area contributed by atoms with Crippen LogP contribution in [0.5, 0.6) is 0 Å². The van der Waals surface area contributed by atoms with Crippen LogP contribution in [0.3, 0.4) is 0 Å². The lowest BCUT2D eigenvalue weighted by Crippen LogP contribution is -2.51. The Kier molecular flexibility index (Phi) is 5.37. The van der Waals surface area contributed by atoms with E-state index in [0.717, 1.165) is 24.7 Å². The standard InChI is InChI=1S/C19H22N2O6S/c1-19(17(22)20-24,28(2,25)26)11-16-12-21(18(23)27-16)15-9-7-14(8-10-15)6-5-13-3-4-13/h7-10,13,16,24H,3-4,11-12H2,1-2H3,(H,20,22)/t16-,19+/m0/s1. The van der Waals surface area contributed by atoms with Gasteiger partial charge in [0.1, 0.15) is 6.10 Å². The van der Waals surface area contributed by atoms with Crippen molar-refractivity contribution in [3.8, 4) is 11.8 Å². The summed E-state index contributed by atoms with van der Waals surface area (Å²) >= 11 is 0. The molecule has 2 amide bonds. The summed E-state index contributed by atoms with van der Waals surface area (Å²) in [6.45, 7) is 1.29. The lowest BCUT2D eigenvalue weighted by molar-refractivity contribution is -0.132. The molecule has 2 N–H and O–H groups in total. The molecule has 0 aromatic heterocycles. The minimum absolute atomic E-state index is 0.0930. The zero-order chi connectivity index (χ0) is 20.5. The number of benzene rings is 1. The summed E-state index contributed by atoms with van der Waals surface area (Å²) in [5.41, 5.74) is 2.83. The molecule has 0 unspecified atom stereocenters. The fraction of sp³-hybridized carbons (Fsp3) is 0.474. The third-order valence-corrected chi connectivity index (χ3v) is 7.06. The second-order valence-corrected chi connectivity index (χ2v) is 9.80. The summed E-state index contributed by atoms with van der Waals surface area (Å²) in [6.07, 6.45) is 1.48. The van der Waals surface area contributed by atoms with Gasteiger partial charge in [-0.15, -0.1) is 0 Å². The lowest BCUT2D eigenvalue weighted by atomic mass is 10.0. The van der Waals surface area contributed by atoms with Crippen LogP contribution >= 0.6 is 0 Å². The first-order valence-electron chi connectivity index (χ1n) is 8.88. The van der Waals surface area contributed by atoms with Gasteiger partial charge in [-0.05, 0) is 44.0 Å². The van der Waals surface area contributed by atoms with Crippen LogP contribution in [-0.2, 0) is 19.4 Å². The van der Waals surface area contributed by atoms with Gasteiger partial charge in [0.05, 0.1) is 6.54 Å². The largest absolute Gasteiger partial charge is 0.444 e. The van der Waals surface area contributed by atoms with Gasteiger partial charge in [-0.1, -0.05) is 11.8 Å². The summed E-state index contributed by atoms with van der Waals surface area (Å²) in [6, 6.07) is 7.11. The quantitative estimate of drug-likeness (QED) is 0.435. The van der Waals surface area contributed by atoms with Crippen molar-refractivity contribution in [2.45, 2.75) is 37.0 Å². The first-order valence-corrected chi connectivity index (χ1v) is 10.8. The molecule has 28 heavy (non-hydrogen) atoms. The van der Waals surface area contributed by atoms with Crippen molar-refractivity contribution in [3.05, 3.63) is 29.8 Å². The second kappa shape index (κ2) is 7.45. The Labute approximate surface area is 163 Å². The van der Waals surface area contributed by atoms with E-state index in [0.29, 0.717) is 11.6 Å². The molecule has 8 nitrogen and oxygen atoms in total. The number of sulfone groups is 1. The number of ether oxygens (including phenoxy) is 1. The Hall–Kier alpha value is -2.57. The first kappa shape index (κ1) is 20.2. The van der Waals surface area contributed by atoms with E-state index >= 15 is 0 Å². The maximum Gasteiger partial charge on any atom is 0.414 e. The van der Waals surface area contributed by atoms with Crippen LogP contribution < -0.4 is 10.4 Å². The van der Waals surface area contributed by atoms with Crippen molar-refractivity contribution in [1.82, 2.24) is 5.48 Å². The minimum Gasteiger partial charge on any atom is -0.444 e. The van der Waals surface area contributed by atoms with Gasteiger partial charge in [0.2, 0.25) is 0 Å². The number of hydroxylamine groups is 1. The smallest absolute Gasteiger partial charge is 0.414 e. The van der Waals surface area contributed by atoms with Gasteiger partial charge in [-0.3, -0.25) is 14.9 Å². The molecule has 2 atom stereocenters. The predicted molar refractivity (Wildman–Crippen MR) is 101 cm³/mol. The number of anilines is 1. The Morgan fingerprint density at radius 2 is 2.00 bits per heavy atom. The number of nitrogens with zero attached hydrogens (tertiary/aromatic N) is 1. The highest BCUT2D eigenvalue weighted by atomic mass is 32.2. The number of hydrogen-bond donors (Lipinski definition) is 2. The van der Waals surface area contributed by atoms with E-state index in [4.69, 9.17) is 9.94 Å². The van der Waals surface area contributed by atoms with Crippen LogP contribution in [-0.4, -0.2) is 49.3 Å². The highest BCUT2D eigenvalue weighted by Crippen LogP contribution is 2.30. The van der Waals surface area contributed by atoms with E-state index in [-0.39, 0.29) is 13.0 Å². The van der Waals surface area contributed by atoms with Gasteiger partial charge in [-0.25, -0.2) is 18.7 Å². The third-order valence-electron chi connectivity index (χ3n) is 5.07. The van der Waals surface area contributed by atoms with Crippen molar-refractivity contribution in [2.24, 2.45) is 5.92 Å². The minimum atomic E-state index is -3.87. The molecule has 9 heteroatoms. The molecule has 1 aromatic carbocycles. The number of nitrogens with one attached hydrogen (secondary N) is 1. The molecule has 1 aliphatic carbocycles. The molecule has 1 saturated carbocycles. The van der Waals surface area contributed by atoms with Gasteiger partial charge in [0.15, 0.2) is 14.6 Å². The van der Waals surface area contributed by atoms with Crippen molar-refractivity contribution in [2.75, 3.05) is 17.7 Å². The normalized spacial score (nSPS) is 21.3. The molecule has 3 rings (SSSR count).